The van der Waals surface area contributed by atoms with Crippen LogP contribution < -0.4 is 10.6 Å². The minimum absolute atomic E-state index is 0.00535. The van der Waals surface area contributed by atoms with E-state index in [0.717, 1.165) is 19.3 Å². The van der Waals surface area contributed by atoms with E-state index in [4.69, 9.17) is 9.15 Å². The molecule has 2 aliphatic rings. The third-order valence-electron chi connectivity index (χ3n) is 5.38. The Kier molecular flexibility index (Phi) is 7.08. The summed E-state index contributed by atoms with van der Waals surface area (Å²) in [6.45, 7) is 2.17. The number of nitrogens with one attached hydrogen (secondary N) is 2. The fourth-order valence-corrected chi connectivity index (χ4v) is 3.54. The number of likely N-dealkylation sites (tertiary alicyclic amines) is 1. The zero-order valence-electron chi connectivity index (χ0n) is 16.3. The molecule has 1 unspecified atom stereocenters. The average Bonchev–Trinajstić information content (AvgIpc) is 3.43. The molecule has 1 saturated carbocycles. The number of nitrogens with zero attached hydrogens (tertiary/aromatic N) is 1. The van der Waals surface area contributed by atoms with Crippen molar-refractivity contribution in [2.45, 2.75) is 38.1 Å². The molecule has 0 aromatic carbocycles. The van der Waals surface area contributed by atoms with Crippen LogP contribution in [0.25, 0.3) is 0 Å². The van der Waals surface area contributed by atoms with Crippen molar-refractivity contribution in [3.63, 3.8) is 0 Å². The van der Waals surface area contributed by atoms with Crippen LogP contribution in [0.15, 0.2) is 22.8 Å². The Labute approximate surface area is 165 Å². The van der Waals surface area contributed by atoms with Gasteiger partial charge in [0.25, 0.3) is 5.91 Å². The lowest BCUT2D eigenvalue weighted by molar-refractivity contribution is -0.131. The van der Waals surface area contributed by atoms with E-state index < -0.39 is 6.04 Å². The smallest absolute Gasteiger partial charge is 0.289 e. The molecule has 2 heterocycles. The molecule has 3 rings (SSSR count). The first-order valence-corrected chi connectivity index (χ1v) is 10.00. The molecule has 1 aliphatic heterocycles. The zero-order chi connectivity index (χ0) is 19.9. The Morgan fingerprint density at radius 2 is 2.00 bits per heavy atom. The number of hydrogen-bond acceptors (Lipinski definition) is 5. The highest BCUT2D eigenvalue weighted by Gasteiger charge is 2.37. The maximum atomic E-state index is 12.7. The van der Waals surface area contributed by atoms with Crippen LogP contribution in [0.2, 0.25) is 0 Å². The van der Waals surface area contributed by atoms with Crippen LogP contribution in [0.3, 0.4) is 0 Å². The van der Waals surface area contributed by atoms with E-state index in [0.29, 0.717) is 44.8 Å². The molecule has 8 nitrogen and oxygen atoms in total. The maximum absolute atomic E-state index is 12.7. The van der Waals surface area contributed by atoms with E-state index in [1.807, 2.05) is 0 Å². The summed E-state index contributed by atoms with van der Waals surface area (Å²) in [5, 5.41) is 5.86. The minimum Gasteiger partial charge on any atom is -0.459 e. The molecule has 28 heavy (non-hydrogen) atoms. The van der Waals surface area contributed by atoms with Gasteiger partial charge in [-0.05, 0) is 50.2 Å². The number of amides is 3. The quantitative estimate of drug-likeness (QED) is 0.616. The van der Waals surface area contributed by atoms with Gasteiger partial charge in [-0.15, -0.1) is 0 Å². The van der Waals surface area contributed by atoms with Gasteiger partial charge in [-0.2, -0.15) is 0 Å². The van der Waals surface area contributed by atoms with Gasteiger partial charge in [0.05, 0.1) is 6.26 Å². The molecule has 1 saturated heterocycles. The Morgan fingerprint density at radius 1 is 1.25 bits per heavy atom. The van der Waals surface area contributed by atoms with Crippen LogP contribution in [0, 0.1) is 11.8 Å². The molecule has 3 amide bonds. The van der Waals surface area contributed by atoms with Crippen LogP contribution in [-0.4, -0.2) is 62.0 Å². The summed E-state index contributed by atoms with van der Waals surface area (Å²) >= 11 is 0. The van der Waals surface area contributed by atoms with E-state index >= 15 is 0 Å². The molecule has 1 aliphatic carbocycles. The van der Waals surface area contributed by atoms with Gasteiger partial charge in [-0.3, -0.25) is 14.4 Å². The van der Waals surface area contributed by atoms with E-state index in [9.17, 15) is 14.4 Å². The Bertz CT molecular complexity index is 663. The molecule has 1 aromatic rings. The monoisotopic (exact) mass is 391 g/mol. The zero-order valence-corrected chi connectivity index (χ0v) is 16.3. The van der Waals surface area contributed by atoms with Crippen molar-refractivity contribution in [2.75, 3.05) is 33.4 Å². The van der Waals surface area contributed by atoms with Crippen molar-refractivity contribution < 1.29 is 23.5 Å². The van der Waals surface area contributed by atoms with Gasteiger partial charge in [0.1, 0.15) is 6.04 Å². The molecular formula is C20H29N3O5. The number of piperidine rings is 1. The van der Waals surface area contributed by atoms with Gasteiger partial charge in [0.15, 0.2) is 5.76 Å². The Morgan fingerprint density at radius 3 is 2.61 bits per heavy atom. The van der Waals surface area contributed by atoms with Crippen molar-refractivity contribution in [3.8, 4) is 0 Å². The van der Waals surface area contributed by atoms with E-state index in [1.54, 1.807) is 24.1 Å². The van der Waals surface area contributed by atoms with Gasteiger partial charge >= 0.3 is 0 Å². The van der Waals surface area contributed by atoms with Crippen LogP contribution in [0.5, 0.6) is 0 Å². The second-order valence-electron chi connectivity index (χ2n) is 7.50. The summed E-state index contributed by atoms with van der Waals surface area (Å²) in [5.74, 6) is 0.0567. The molecule has 0 radical (unpaired) electrons. The number of ether oxygens (including phenoxy) is 1. The van der Waals surface area contributed by atoms with Gasteiger partial charge in [-0.25, -0.2) is 0 Å². The molecule has 8 heteroatoms. The van der Waals surface area contributed by atoms with Crippen LogP contribution >= 0.6 is 0 Å². The summed E-state index contributed by atoms with van der Waals surface area (Å²) in [6.07, 6.45) is 5.31. The summed E-state index contributed by atoms with van der Waals surface area (Å²) < 4.78 is 10.2. The van der Waals surface area contributed by atoms with Crippen molar-refractivity contribution in [1.29, 1.82) is 0 Å². The van der Waals surface area contributed by atoms with E-state index in [-0.39, 0.29) is 29.6 Å². The number of hydrogen-bond donors (Lipinski definition) is 2. The number of methoxy groups -OCH3 is 1. The highest BCUT2D eigenvalue weighted by Crippen LogP contribution is 2.30. The first-order chi connectivity index (χ1) is 13.6. The third-order valence-corrected chi connectivity index (χ3v) is 5.38. The predicted molar refractivity (Wildman–Crippen MR) is 101 cm³/mol. The van der Waals surface area contributed by atoms with Gasteiger partial charge < -0.3 is 24.7 Å². The van der Waals surface area contributed by atoms with Crippen molar-refractivity contribution in [2.24, 2.45) is 11.8 Å². The lowest BCUT2D eigenvalue weighted by atomic mass is 9.88. The number of carbonyl (C=O) groups excluding carboxylic acids is 3. The van der Waals surface area contributed by atoms with Crippen molar-refractivity contribution in [1.82, 2.24) is 15.5 Å². The molecule has 1 atom stereocenters. The Balaban J connectivity index is 1.56. The molecule has 0 bridgehead atoms. The number of furan rings is 1. The normalized spacial score (nSPS) is 18.5. The van der Waals surface area contributed by atoms with Gasteiger partial charge in [0.2, 0.25) is 11.8 Å². The molecule has 2 N–H and O–H groups in total. The standard InChI is InChI=1S/C20H29N3O5/c1-27-12-3-9-21-19(25)17(22-18(24)15-5-6-15)14-7-10-23(11-8-14)20(26)16-4-2-13-28-16/h2,4,13-15,17H,3,5-12H2,1H3,(H,21,25)(H,22,24). The fraction of sp³-hybridized carbons (Fsp3) is 0.650. The summed E-state index contributed by atoms with van der Waals surface area (Å²) in [4.78, 5) is 39.2. The van der Waals surface area contributed by atoms with E-state index in [1.165, 1.54) is 6.26 Å². The number of rotatable bonds is 9. The van der Waals surface area contributed by atoms with Gasteiger partial charge in [0, 0.05) is 39.3 Å². The molecule has 0 spiro atoms. The average molecular weight is 391 g/mol. The SMILES string of the molecule is COCCCNC(=O)C(NC(=O)C1CC1)C1CCN(C(=O)c2ccco2)CC1. The molecule has 154 valence electrons. The molecular weight excluding hydrogens is 362 g/mol. The Hall–Kier alpha value is -2.35. The van der Waals surface area contributed by atoms with Gasteiger partial charge in [-0.1, -0.05) is 0 Å². The van der Waals surface area contributed by atoms with Crippen LogP contribution in [-0.2, 0) is 14.3 Å². The molecule has 1 aromatic heterocycles. The molecule has 2 fully saturated rings. The summed E-state index contributed by atoms with van der Waals surface area (Å²) in [7, 11) is 1.62. The topological polar surface area (TPSA) is 101 Å². The maximum Gasteiger partial charge on any atom is 0.289 e. The summed E-state index contributed by atoms with van der Waals surface area (Å²) in [5.41, 5.74) is 0. The summed E-state index contributed by atoms with van der Waals surface area (Å²) in [6, 6.07) is 2.79. The largest absolute Gasteiger partial charge is 0.459 e. The third kappa shape index (κ3) is 5.34. The van der Waals surface area contributed by atoms with Crippen molar-refractivity contribution in [3.05, 3.63) is 24.2 Å². The van der Waals surface area contributed by atoms with Crippen LogP contribution in [0.1, 0.15) is 42.7 Å². The highest BCUT2D eigenvalue weighted by molar-refractivity contribution is 5.92. The first kappa shape index (κ1) is 20.4. The lowest BCUT2D eigenvalue weighted by Gasteiger charge is -2.35. The predicted octanol–water partition coefficient (Wildman–Crippen LogP) is 1.18. The van der Waals surface area contributed by atoms with Crippen molar-refractivity contribution >= 4 is 17.7 Å². The van der Waals surface area contributed by atoms with Crippen LogP contribution in [0.4, 0.5) is 0 Å². The second kappa shape index (κ2) is 9.73. The fourth-order valence-electron chi connectivity index (χ4n) is 3.54. The second-order valence-corrected chi connectivity index (χ2v) is 7.50. The van der Waals surface area contributed by atoms with E-state index in [2.05, 4.69) is 10.6 Å². The number of carbonyl (C=O) groups is 3. The first-order valence-electron chi connectivity index (χ1n) is 10.00. The lowest BCUT2D eigenvalue weighted by Crippen LogP contribution is -2.54. The highest BCUT2D eigenvalue weighted by atomic mass is 16.5. The minimum atomic E-state index is -0.559.